The Hall–Kier alpha value is -0.570. The van der Waals surface area contributed by atoms with Crippen molar-refractivity contribution in [2.45, 2.75) is 19.1 Å². The summed E-state index contributed by atoms with van der Waals surface area (Å²) in [4.78, 5) is 11.9. The first-order valence-corrected chi connectivity index (χ1v) is 3.12. The standard InChI is InChI=1S/C6H11NO2/c1-9-6-3-2-4-7(6)5-8/h5-6H,2-4H2,1H3/t6-/m0/s1. The number of rotatable bonds is 2. The van der Waals surface area contributed by atoms with Crippen molar-refractivity contribution in [2.24, 2.45) is 0 Å². The third kappa shape index (κ3) is 1.21. The molecule has 0 radical (unpaired) electrons. The molecule has 0 bridgehead atoms. The first-order chi connectivity index (χ1) is 4.38. The molecule has 3 nitrogen and oxygen atoms in total. The van der Waals surface area contributed by atoms with E-state index < -0.39 is 0 Å². The highest BCUT2D eigenvalue weighted by Gasteiger charge is 2.21. The van der Waals surface area contributed by atoms with Crippen LogP contribution in [0.15, 0.2) is 0 Å². The highest BCUT2D eigenvalue weighted by Crippen LogP contribution is 2.14. The quantitative estimate of drug-likeness (QED) is 0.499. The van der Waals surface area contributed by atoms with Crippen LogP contribution >= 0.6 is 0 Å². The van der Waals surface area contributed by atoms with Gasteiger partial charge in [-0.15, -0.1) is 0 Å². The van der Waals surface area contributed by atoms with Gasteiger partial charge in [0.15, 0.2) is 0 Å². The average molecular weight is 129 g/mol. The van der Waals surface area contributed by atoms with Crippen LogP contribution in [0.4, 0.5) is 0 Å². The maximum atomic E-state index is 10.2. The number of ether oxygens (including phenoxy) is 1. The van der Waals surface area contributed by atoms with E-state index in [1.807, 2.05) is 0 Å². The zero-order chi connectivity index (χ0) is 6.69. The van der Waals surface area contributed by atoms with Crippen LogP contribution in [0, 0.1) is 0 Å². The lowest BCUT2D eigenvalue weighted by Gasteiger charge is -2.16. The van der Waals surface area contributed by atoms with Crippen LogP contribution in [-0.4, -0.2) is 31.2 Å². The summed E-state index contributed by atoms with van der Waals surface area (Å²) in [7, 11) is 1.63. The summed E-state index contributed by atoms with van der Waals surface area (Å²) in [5.41, 5.74) is 0. The van der Waals surface area contributed by atoms with E-state index in [1.54, 1.807) is 12.0 Å². The topological polar surface area (TPSA) is 29.5 Å². The Balaban J connectivity index is 2.41. The van der Waals surface area contributed by atoms with E-state index in [0.29, 0.717) is 0 Å². The van der Waals surface area contributed by atoms with Crippen LogP contribution in [0.1, 0.15) is 12.8 Å². The van der Waals surface area contributed by atoms with Crippen molar-refractivity contribution in [3.05, 3.63) is 0 Å². The molecule has 9 heavy (non-hydrogen) atoms. The molecule has 52 valence electrons. The molecular weight excluding hydrogens is 118 g/mol. The lowest BCUT2D eigenvalue weighted by atomic mass is 10.4. The lowest BCUT2D eigenvalue weighted by molar-refractivity contribution is -0.126. The smallest absolute Gasteiger partial charge is 0.211 e. The third-order valence-electron chi connectivity index (χ3n) is 1.64. The van der Waals surface area contributed by atoms with E-state index in [1.165, 1.54) is 0 Å². The number of hydrogen-bond donors (Lipinski definition) is 0. The van der Waals surface area contributed by atoms with E-state index in [-0.39, 0.29) is 6.23 Å². The highest BCUT2D eigenvalue weighted by molar-refractivity contribution is 5.47. The Kier molecular flexibility index (Phi) is 2.05. The van der Waals surface area contributed by atoms with Gasteiger partial charge in [-0.2, -0.15) is 0 Å². The van der Waals surface area contributed by atoms with Crippen molar-refractivity contribution in [3.8, 4) is 0 Å². The van der Waals surface area contributed by atoms with Crippen molar-refractivity contribution in [2.75, 3.05) is 13.7 Å². The molecule has 0 unspecified atom stereocenters. The average Bonchev–Trinajstić information content (AvgIpc) is 2.33. The summed E-state index contributed by atoms with van der Waals surface area (Å²) in [6.07, 6.45) is 2.94. The highest BCUT2D eigenvalue weighted by atomic mass is 16.5. The largest absolute Gasteiger partial charge is 0.362 e. The van der Waals surface area contributed by atoms with Crippen molar-refractivity contribution in [1.29, 1.82) is 0 Å². The summed E-state index contributed by atoms with van der Waals surface area (Å²) in [6.45, 7) is 0.849. The number of carbonyl (C=O) groups excluding carboxylic acids is 1. The Morgan fingerprint density at radius 2 is 2.56 bits per heavy atom. The first kappa shape index (κ1) is 6.55. The van der Waals surface area contributed by atoms with Crippen LogP contribution in [0.25, 0.3) is 0 Å². The zero-order valence-electron chi connectivity index (χ0n) is 5.54. The van der Waals surface area contributed by atoms with Gasteiger partial charge in [-0.05, 0) is 12.8 Å². The van der Waals surface area contributed by atoms with Crippen LogP contribution < -0.4 is 0 Å². The summed E-state index contributed by atoms with van der Waals surface area (Å²) in [5, 5.41) is 0. The number of nitrogens with zero attached hydrogens (tertiary/aromatic N) is 1. The molecule has 1 aliphatic rings. The molecule has 1 amide bonds. The molecule has 0 aliphatic carbocycles. The Morgan fingerprint density at radius 1 is 1.78 bits per heavy atom. The molecule has 3 heteroatoms. The van der Waals surface area contributed by atoms with Crippen LogP contribution in [0.2, 0.25) is 0 Å². The molecule has 0 saturated carbocycles. The summed E-state index contributed by atoms with van der Waals surface area (Å²) in [6, 6.07) is 0. The molecule has 1 saturated heterocycles. The molecule has 1 atom stereocenters. The normalized spacial score (nSPS) is 26.8. The second-order valence-electron chi connectivity index (χ2n) is 2.18. The van der Waals surface area contributed by atoms with E-state index in [4.69, 9.17) is 4.74 Å². The van der Waals surface area contributed by atoms with Gasteiger partial charge in [0.2, 0.25) is 6.41 Å². The molecule has 1 rings (SSSR count). The van der Waals surface area contributed by atoms with Gasteiger partial charge < -0.3 is 9.64 Å². The minimum atomic E-state index is 0.0440. The molecule has 0 spiro atoms. The Labute approximate surface area is 54.6 Å². The first-order valence-electron chi connectivity index (χ1n) is 3.12. The molecule has 0 aromatic carbocycles. The van der Waals surface area contributed by atoms with Crippen LogP contribution in [-0.2, 0) is 9.53 Å². The zero-order valence-corrected chi connectivity index (χ0v) is 5.54. The number of methoxy groups -OCH3 is 1. The predicted molar refractivity (Wildman–Crippen MR) is 32.8 cm³/mol. The summed E-state index contributed by atoms with van der Waals surface area (Å²) >= 11 is 0. The van der Waals surface area contributed by atoms with E-state index in [2.05, 4.69) is 0 Å². The second-order valence-corrected chi connectivity index (χ2v) is 2.18. The van der Waals surface area contributed by atoms with E-state index in [0.717, 1.165) is 25.8 Å². The minimum Gasteiger partial charge on any atom is -0.362 e. The SMILES string of the molecule is CO[C@H]1CCCN1C=O. The van der Waals surface area contributed by atoms with Gasteiger partial charge in [0.25, 0.3) is 0 Å². The molecule has 0 aromatic heterocycles. The molecule has 0 N–H and O–H groups in total. The molecule has 1 heterocycles. The fraction of sp³-hybridized carbons (Fsp3) is 0.833. The maximum Gasteiger partial charge on any atom is 0.211 e. The van der Waals surface area contributed by atoms with E-state index in [9.17, 15) is 4.79 Å². The van der Waals surface area contributed by atoms with Crippen LogP contribution in [0.5, 0.6) is 0 Å². The van der Waals surface area contributed by atoms with Gasteiger partial charge >= 0.3 is 0 Å². The minimum absolute atomic E-state index is 0.0440. The monoisotopic (exact) mass is 129 g/mol. The molecule has 1 aliphatic heterocycles. The molecular formula is C6H11NO2. The Bertz CT molecular complexity index is 105. The van der Waals surface area contributed by atoms with Crippen molar-refractivity contribution in [3.63, 3.8) is 0 Å². The van der Waals surface area contributed by atoms with Crippen molar-refractivity contribution in [1.82, 2.24) is 4.90 Å². The second kappa shape index (κ2) is 2.82. The number of amides is 1. The van der Waals surface area contributed by atoms with Crippen molar-refractivity contribution < 1.29 is 9.53 Å². The van der Waals surface area contributed by atoms with Gasteiger partial charge in [0.05, 0.1) is 0 Å². The van der Waals surface area contributed by atoms with Crippen molar-refractivity contribution >= 4 is 6.41 Å². The fourth-order valence-electron chi connectivity index (χ4n) is 1.13. The van der Waals surface area contributed by atoms with Gasteiger partial charge in [0, 0.05) is 13.7 Å². The fourth-order valence-corrected chi connectivity index (χ4v) is 1.13. The number of carbonyl (C=O) groups is 1. The van der Waals surface area contributed by atoms with Gasteiger partial charge in [0.1, 0.15) is 6.23 Å². The van der Waals surface area contributed by atoms with Crippen LogP contribution in [0.3, 0.4) is 0 Å². The number of likely N-dealkylation sites (tertiary alicyclic amines) is 1. The van der Waals surface area contributed by atoms with Gasteiger partial charge in [-0.1, -0.05) is 0 Å². The molecule has 1 fully saturated rings. The van der Waals surface area contributed by atoms with Gasteiger partial charge in [-0.3, -0.25) is 4.79 Å². The van der Waals surface area contributed by atoms with Gasteiger partial charge in [-0.25, -0.2) is 0 Å². The molecule has 0 aromatic rings. The lowest BCUT2D eigenvalue weighted by Crippen LogP contribution is -2.28. The summed E-state index contributed by atoms with van der Waals surface area (Å²) in [5.74, 6) is 0. The third-order valence-corrected chi connectivity index (χ3v) is 1.64. The summed E-state index contributed by atoms with van der Waals surface area (Å²) < 4.78 is 5.01. The van der Waals surface area contributed by atoms with E-state index >= 15 is 0 Å². The Morgan fingerprint density at radius 3 is 3.00 bits per heavy atom. The maximum absolute atomic E-state index is 10.2. The number of hydrogen-bond acceptors (Lipinski definition) is 2. The predicted octanol–water partition coefficient (Wildman–Crippen LogP) is 0.211.